The number of nitrogens with zero attached hydrogens (tertiary/aromatic N) is 6. The summed E-state index contributed by atoms with van der Waals surface area (Å²) in [6, 6.07) is -13.8. The molecule has 0 aromatic rings. The minimum Gasteiger partial charge on any atom is -0.481 e. The number of carbonyl (C=O) groups excluding carboxylic acids is 13. The first-order valence-electron chi connectivity index (χ1n) is 30.1. The Morgan fingerprint density at radius 2 is 0.837 bits per heavy atom. The molecule has 12 unspecified atom stereocenters. The molecule has 0 radical (unpaired) electrons. The zero-order chi connectivity index (χ0) is 63.1. The Morgan fingerprint density at radius 3 is 1.29 bits per heavy atom. The van der Waals surface area contributed by atoms with E-state index in [-0.39, 0.29) is 97.1 Å². The number of carbonyl (C=O) groups is 14. The van der Waals surface area contributed by atoms with Crippen LogP contribution < -0.4 is 49.5 Å². The average molecular weight is 1210 g/mol. The molecule has 13 amide bonds. The van der Waals surface area contributed by atoms with Crippen LogP contribution in [0.4, 0.5) is 0 Å². The second kappa shape index (κ2) is 31.2. The van der Waals surface area contributed by atoms with Crippen molar-refractivity contribution in [2.45, 2.75) is 208 Å². The highest BCUT2D eigenvalue weighted by atomic mass is 16.4. The lowest BCUT2D eigenvalue weighted by Crippen LogP contribution is -2.60. The predicted octanol–water partition coefficient (Wildman–Crippen LogP) is -5.54. The van der Waals surface area contributed by atoms with Gasteiger partial charge in [-0.2, -0.15) is 0 Å². The smallest absolute Gasteiger partial charge is 0.303 e. The lowest BCUT2D eigenvalue weighted by molar-refractivity contribution is -0.149. The van der Waals surface area contributed by atoms with Gasteiger partial charge in [0.25, 0.3) is 0 Å². The van der Waals surface area contributed by atoms with Crippen LogP contribution in [0.1, 0.15) is 136 Å². The van der Waals surface area contributed by atoms with E-state index in [2.05, 4.69) is 26.6 Å². The zero-order valence-electron chi connectivity index (χ0n) is 49.1. The maximum atomic E-state index is 14.4. The molecule has 6 heterocycles. The van der Waals surface area contributed by atoms with E-state index in [4.69, 9.17) is 22.9 Å². The molecule has 12 atom stereocenters. The van der Waals surface area contributed by atoms with Crippen molar-refractivity contribution in [1.82, 2.24) is 56.0 Å². The molecule has 15 N–H and O–H groups in total. The number of carboxylic acid groups (broad SMARTS) is 1. The lowest BCUT2D eigenvalue weighted by atomic mass is 10.1. The van der Waals surface area contributed by atoms with Gasteiger partial charge in [0.2, 0.25) is 76.8 Å². The Kier molecular flexibility index (Phi) is 24.5. The van der Waals surface area contributed by atoms with Crippen LogP contribution in [-0.4, -0.2) is 247 Å². The number of nitrogens with one attached hydrogen (secondary N) is 5. The first-order valence-corrected chi connectivity index (χ1v) is 30.1. The summed E-state index contributed by atoms with van der Waals surface area (Å²) in [6.07, 6.45) is 4.08. The van der Waals surface area contributed by atoms with Gasteiger partial charge in [-0.3, -0.25) is 67.1 Å². The van der Waals surface area contributed by atoms with Gasteiger partial charge in [0.1, 0.15) is 66.5 Å². The Balaban J connectivity index is 1.04. The highest BCUT2D eigenvalue weighted by Crippen LogP contribution is 2.29. The third-order valence-electron chi connectivity index (χ3n) is 17.2. The summed E-state index contributed by atoms with van der Waals surface area (Å²) in [7, 11) is 0. The summed E-state index contributed by atoms with van der Waals surface area (Å²) in [4.78, 5) is 196. The van der Waals surface area contributed by atoms with Gasteiger partial charge in [-0.25, -0.2) is 0 Å². The van der Waals surface area contributed by atoms with Crippen molar-refractivity contribution < 1.29 is 77.3 Å². The summed E-state index contributed by atoms with van der Waals surface area (Å²) in [5, 5.41) is 32.5. The molecule has 6 fully saturated rings. The highest BCUT2D eigenvalue weighted by Gasteiger charge is 2.48. The Morgan fingerprint density at radius 1 is 0.453 bits per heavy atom. The molecule has 478 valence electrons. The first-order chi connectivity index (χ1) is 40.9. The number of aliphatic hydroxyl groups excluding tert-OH is 1. The summed E-state index contributed by atoms with van der Waals surface area (Å²) < 4.78 is 0. The number of likely N-dealkylation sites (tertiary alicyclic amines) is 6. The molecule has 0 aliphatic carbocycles. The van der Waals surface area contributed by atoms with Gasteiger partial charge >= 0.3 is 5.97 Å². The molecule has 6 aliphatic rings. The van der Waals surface area contributed by atoms with Crippen LogP contribution in [0, 0.1) is 0 Å². The fourth-order valence-electron chi connectivity index (χ4n) is 12.5. The van der Waals surface area contributed by atoms with Gasteiger partial charge in [-0.05, 0) is 123 Å². The number of aliphatic carboxylic acids is 1. The van der Waals surface area contributed by atoms with Crippen molar-refractivity contribution in [3.8, 4) is 0 Å². The summed E-state index contributed by atoms with van der Waals surface area (Å²) in [5.74, 6) is -10.1. The van der Waals surface area contributed by atoms with Gasteiger partial charge in [0, 0.05) is 52.1 Å². The molecule has 0 aromatic carbocycles. The van der Waals surface area contributed by atoms with Crippen molar-refractivity contribution in [3.63, 3.8) is 0 Å². The Labute approximate surface area is 498 Å². The van der Waals surface area contributed by atoms with Gasteiger partial charge in [-0.15, -0.1) is 0 Å². The van der Waals surface area contributed by atoms with Crippen LogP contribution >= 0.6 is 0 Å². The van der Waals surface area contributed by atoms with Gasteiger partial charge in [0.15, 0.2) is 0 Å². The molecular weight excluding hydrogens is 1130 g/mol. The van der Waals surface area contributed by atoms with Crippen molar-refractivity contribution in [2.75, 3.05) is 52.4 Å². The van der Waals surface area contributed by atoms with E-state index in [1.165, 1.54) is 43.2 Å². The molecule has 6 saturated heterocycles. The molecule has 0 saturated carbocycles. The maximum Gasteiger partial charge on any atom is 0.303 e. The van der Waals surface area contributed by atoms with E-state index in [0.29, 0.717) is 64.3 Å². The first kappa shape index (κ1) is 67.6. The largest absolute Gasteiger partial charge is 0.481 e. The van der Waals surface area contributed by atoms with Crippen molar-refractivity contribution in [2.24, 2.45) is 22.9 Å². The van der Waals surface area contributed by atoms with Crippen LogP contribution in [0.3, 0.4) is 0 Å². The third-order valence-corrected chi connectivity index (χ3v) is 17.2. The van der Waals surface area contributed by atoms with E-state index >= 15 is 0 Å². The monoisotopic (exact) mass is 1210 g/mol. The van der Waals surface area contributed by atoms with Gasteiger partial charge < -0.3 is 89.1 Å². The van der Waals surface area contributed by atoms with Crippen LogP contribution in [0.2, 0.25) is 0 Å². The second-order valence-corrected chi connectivity index (χ2v) is 23.2. The van der Waals surface area contributed by atoms with E-state index in [1.54, 1.807) is 0 Å². The minimum atomic E-state index is -1.58. The fourth-order valence-corrected chi connectivity index (χ4v) is 12.5. The number of amides is 13. The lowest BCUT2D eigenvalue weighted by Gasteiger charge is -2.34. The standard InChI is InChI=1S/C55H87N15O16/c1-30(60-46(77)34(19-21-43(73)74)62-45(76)32(57)11-3-4-22-56)50(81)68-26-8-15-39(68)54(85)66-24-6-13-37(66)48(79)61-31(2)51(82)69-27-9-16-40(69)55(86)67-25-7-14-38(67)49(80)63-33(18-20-42(58)72)47(78)64-35(29-71)52(83)70-28-10-17-41(70)53(84)65-23-5-12-36(65)44(59)75/h30-41,71H,3-29,56-57H2,1-2H3,(H2,58,72)(H2,59,75)(H,60,77)(H,61,79)(H,62,76)(H,63,80)(H,64,78)(H,73,74). The van der Waals surface area contributed by atoms with Crippen LogP contribution in [0.25, 0.3) is 0 Å². The quantitative estimate of drug-likeness (QED) is 0.0326. The molecule has 0 spiro atoms. The summed E-state index contributed by atoms with van der Waals surface area (Å²) in [6.45, 7) is 3.29. The summed E-state index contributed by atoms with van der Waals surface area (Å²) in [5.41, 5.74) is 22.5. The molecule has 6 aliphatic heterocycles. The number of carboxylic acids is 1. The fraction of sp³-hybridized carbons (Fsp3) is 0.745. The normalized spacial score (nSPS) is 24.1. The molecular formula is C55H87N15O16. The average Bonchev–Trinajstić information content (AvgIpc) is 2.71. The summed E-state index contributed by atoms with van der Waals surface area (Å²) >= 11 is 0. The predicted molar refractivity (Wildman–Crippen MR) is 302 cm³/mol. The van der Waals surface area contributed by atoms with Crippen LogP contribution in [0.15, 0.2) is 0 Å². The van der Waals surface area contributed by atoms with Gasteiger partial charge in [-0.1, -0.05) is 6.42 Å². The topological polar surface area (TPSA) is 463 Å². The number of rotatable bonds is 28. The number of primary amides is 2. The number of nitrogens with two attached hydrogens (primary N) is 4. The van der Waals surface area contributed by atoms with Crippen LogP contribution in [0.5, 0.6) is 0 Å². The van der Waals surface area contributed by atoms with Gasteiger partial charge in [0.05, 0.1) is 12.6 Å². The second-order valence-electron chi connectivity index (χ2n) is 23.2. The number of hydrogen-bond donors (Lipinski definition) is 11. The van der Waals surface area contributed by atoms with Crippen molar-refractivity contribution in [3.05, 3.63) is 0 Å². The number of aliphatic hydroxyl groups is 1. The third kappa shape index (κ3) is 16.7. The van der Waals surface area contributed by atoms with Crippen LogP contribution in [-0.2, 0) is 67.1 Å². The van der Waals surface area contributed by atoms with Crippen molar-refractivity contribution in [1.29, 1.82) is 0 Å². The van der Waals surface area contributed by atoms with E-state index in [1.807, 2.05) is 0 Å². The molecule has 6 rings (SSSR count). The SMILES string of the molecule is CC(NC(=O)C(CCC(=O)O)NC(=O)C(N)CCCCN)C(=O)N1CCCC1C(=O)N1CCCC1C(=O)NC(C)C(=O)N1CCCC1C(=O)N1CCCC1C(=O)NC(CCC(N)=O)C(=O)NC(CO)C(=O)N1CCCC1C(=O)N1CCCC1C(N)=O. The molecule has 0 aromatic heterocycles. The zero-order valence-corrected chi connectivity index (χ0v) is 49.1. The van der Waals surface area contributed by atoms with Crippen molar-refractivity contribution >= 4 is 82.8 Å². The highest BCUT2D eigenvalue weighted by molar-refractivity contribution is 6.00. The van der Waals surface area contributed by atoms with E-state index in [9.17, 15) is 77.3 Å². The van der Waals surface area contributed by atoms with E-state index in [0.717, 1.165) is 0 Å². The molecule has 0 bridgehead atoms. The minimum absolute atomic E-state index is 0.109. The number of unbranched alkanes of at least 4 members (excludes halogenated alkanes) is 1. The van der Waals surface area contributed by atoms with E-state index < -0.39 is 168 Å². The maximum absolute atomic E-state index is 14.4. The Hall–Kier alpha value is -7.54. The molecule has 31 nitrogen and oxygen atoms in total. The molecule has 86 heavy (non-hydrogen) atoms. The Bertz CT molecular complexity index is 2580. The molecule has 31 heteroatoms. The number of hydrogen-bond acceptors (Lipinski definition) is 17.